The first-order valence-electron chi connectivity index (χ1n) is 10.0. The molecule has 1 atom stereocenters. The third kappa shape index (κ3) is 4.65. The van der Waals surface area contributed by atoms with Crippen LogP contribution in [0.1, 0.15) is 26.9 Å². The number of nitriles is 1. The molecule has 0 aromatic heterocycles. The van der Waals surface area contributed by atoms with E-state index in [-0.39, 0.29) is 17.4 Å². The topological polar surface area (TPSA) is 74.9 Å². The van der Waals surface area contributed by atoms with Gasteiger partial charge < -0.3 is 9.47 Å². The monoisotopic (exact) mass is 501 g/mol. The Morgan fingerprint density at radius 2 is 1.83 bits per heavy atom. The van der Waals surface area contributed by atoms with Crippen LogP contribution >= 0.6 is 11.8 Å². The third-order valence-corrected chi connectivity index (χ3v) is 6.19. The van der Waals surface area contributed by atoms with Crippen LogP contribution in [0.2, 0.25) is 0 Å². The fourth-order valence-electron chi connectivity index (χ4n) is 3.36. The molecule has 3 aromatic carbocycles. The van der Waals surface area contributed by atoms with Crippen molar-refractivity contribution in [1.82, 2.24) is 5.01 Å². The highest BCUT2D eigenvalue weighted by Gasteiger charge is 2.38. The standard InChI is InChI=1S/C24H15F4N3O3S/c1-33-21-19(27)16(12-17(26)20(21)28)23(32)31-24(15-4-2-3-5-18(15)34-11-10-29)35-22(30-31)13-6-8-14(25)9-7-13/h2-9,12,24H,11H2,1H3. The summed E-state index contributed by atoms with van der Waals surface area (Å²) in [7, 11) is 0.942. The molecule has 1 aliphatic rings. The van der Waals surface area contributed by atoms with Gasteiger partial charge in [-0.05, 0) is 36.4 Å². The van der Waals surface area contributed by atoms with Crippen LogP contribution in [0.3, 0.4) is 0 Å². The number of nitrogens with zero attached hydrogens (tertiary/aromatic N) is 3. The lowest BCUT2D eigenvalue weighted by molar-refractivity contribution is 0.0741. The van der Waals surface area contributed by atoms with Crippen molar-refractivity contribution in [3.63, 3.8) is 0 Å². The summed E-state index contributed by atoms with van der Waals surface area (Å²) in [6.45, 7) is -0.275. The molecule has 1 unspecified atom stereocenters. The van der Waals surface area contributed by atoms with Gasteiger partial charge in [-0.15, -0.1) is 0 Å². The summed E-state index contributed by atoms with van der Waals surface area (Å²) in [6.07, 6.45) is 0. The average molecular weight is 501 g/mol. The second-order valence-electron chi connectivity index (χ2n) is 7.08. The molecule has 6 nitrogen and oxygen atoms in total. The Hall–Kier alpha value is -4.04. The number of ether oxygens (including phenoxy) is 2. The van der Waals surface area contributed by atoms with Crippen LogP contribution in [0, 0.1) is 34.6 Å². The van der Waals surface area contributed by atoms with Gasteiger partial charge in [-0.1, -0.05) is 30.0 Å². The van der Waals surface area contributed by atoms with Gasteiger partial charge in [-0.2, -0.15) is 14.8 Å². The lowest BCUT2D eigenvalue weighted by Crippen LogP contribution is -2.27. The minimum atomic E-state index is -1.57. The first kappa shape index (κ1) is 24.1. The van der Waals surface area contributed by atoms with Crippen LogP contribution in [-0.4, -0.2) is 29.7 Å². The fraction of sp³-hybridized carbons (Fsp3) is 0.125. The van der Waals surface area contributed by atoms with Gasteiger partial charge in [0.2, 0.25) is 5.82 Å². The predicted octanol–water partition coefficient (Wildman–Crippen LogP) is 5.40. The SMILES string of the molecule is COc1c(F)c(F)cc(C(=O)N2N=C(c3ccc(F)cc3)SC2c2ccccc2OCC#N)c1F. The minimum absolute atomic E-state index is 0.267. The zero-order chi connectivity index (χ0) is 25.1. The lowest BCUT2D eigenvalue weighted by Gasteiger charge is -2.23. The van der Waals surface area contributed by atoms with Crippen LogP contribution < -0.4 is 9.47 Å². The van der Waals surface area contributed by atoms with Gasteiger partial charge in [0, 0.05) is 11.1 Å². The predicted molar refractivity (Wildman–Crippen MR) is 120 cm³/mol. The van der Waals surface area contributed by atoms with E-state index in [9.17, 15) is 22.4 Å². The molecule has 0 bridgehead atoms. The summed E-state index contributed by atoms with van der Waals surface area (Å²) < 4.78 is 66.5. The molecule has 0 radical (unpaired) electrons. The summed E-state index contributed by atoms with van der Waals surface area (Å²) >= 11 is 1.07. The Kier molecular flexibility index (Phi) is 6.93. The Bertz CT molecular complexity index is 1360. The van der Waals surface area contributed by atoms with Gasteiger partial charge >= 0.3 is 0 Å². The molecule has 0 fully saturated rings. The molecule has 0 N–H and O–H groups in total. The quantitative estimate of drug-likeness (QED) is 0.334. The number of hydrogen-bond donors (Lipinski definition) is 0. The summed E-state index contributed by atoms with van der Waals surface area (Å²) in [5.41, 5.74) is 0.0817. The molecule has 1 heterocycles. The van der Waals surface area contributed by atoms with E-state index < -0.39 is 45.9 Å². The van der Waals surface area contributed by atoms with Crippen molar-refractivity contribution < 1.29 is 31.8 Å². The second kappa shape index (κ2) is 10.1. The van der Waals surface area contributed by atoms with E-state index in [4.69, 9.17) is 10.00 Å². The van der Waals surface area contributed by atoms with Crippen molar-refractivity contribution in [3.05, 3.63) is 94.6 Å². The Morgan fingerprint density at radius 1 is 1.11 bits per heavy atom. The van der Waals surface area contributed by atoms with E-state index in [0.717, 1.165) is 23.9 Å². The Balaban J connectivity index is 1.82. The number of hydrogen-bond acceptors (Lipinski definition) is 6. The van der Waals surface area contributed by atoms with E-state index in [0.29, 0.717) is 17.2 Å². The number of hydrazone groups is 1. The third-order valence-electron chi connectivity index (χ3n) is 4.97. The summed E-state index contributed by atoms with van der Waals surface area (Å²) in [5, 5.41) is 13.4. The summed E-state index contributed by atoms with van der Waals surface area (Å²) in [6, 6.07) is 14.1. The smallest absolute Gasteiger partial charge is 0.278 e. The van der Waals surface area contributed by atoms with Gasteiger partial charge in [-0.3, -0.25) is 4.79 Å². The van der Waals surface area contributed by atoms with E-state index in [1.54, 1.807) is 24.3 Å². The molecule has 0 aliphatic carbocycles. The van der Waals surface area contributed by atoms with Gasteiger partial charge in [-0.25, -0.2) is 18.2 Å². The maximum atomic E-state index is 14.9. The van der Waals surface area contributed by atoms with Crippen molar-refractivity contribution >= 4 is 22.7 Å². The lowest BCUT2D eigenvalue weighted by atomic mass is 10.1. The molecule has 4 rings (SSSR count). The first-order chi connectivity index (χ1) is 16.8. The number of amides is 1. The summed E-state index contributed by atoms with van der Waals surface area (Å²) in [4.78, 5) is 13.4. The van der Waals surface area contributed by atoms with Gasteiger partial charge in [0.25, 0.3) is 5.91 Å². The molecular weight excluding hydrogens is 486 g/mol. The van der Waals surface area contributed by atoms with E-state index in [1.807, 2.05) is 6.07 Å². The number of rotatable bonds is 6. The van der Waals surface area contributed by atoms with E-state index in [1.165, 1.54) is 24.3 Å². The number of methoxy groups -OCH3 is 1. The van der Waals surface area contributed by atoms with Crippen molar-refractivity contribution in [2.75, 3.05) is 13.7 Å². The van der Waals surface area contributed by atoms with Crippen molar-refractivity contribution in [2.24, 2.45) is 5.10 Å². The highest BCUT2D eigenvalue weighted by atomic mass is 32.2. The van der Waals surface area contributed by atoms with Crippen LogP contribution in [0.25, 0.3) is 0 Å². The molecule has 0 saturated heterocycles. The molecule has 11 heteroatoms. The molecule has 0 saturated carbocycles. The maximum Gasteiger partial charge on any atom is 0.278 e. The molecule has 178 valence electrons. The zero-order valence-electron chi connectivity index (χ0n) is 18.0. The number of benzene rings is 3. The van der Waals surface area contributed by atoms with Gasteiger partial charge in [0.1, 0.15) is 28.1 Å². The van der Waals surface area contributed by atoms with Crippen molar-refractivity contribution in [3.8, 4) is 17.6 Å². The van der Waals surface area contributed by atoms with Crippen LogP contribution in [0.5, 0.6) is 11.5 Å². The second-order valence-corrected chi connectivity index (χ2v) is 8.15. The Morgan fingerprint density at radius 3 is 2.51 bits per heavy atom. The number of carbonyl (C=O) groups excluding carboxylic acids is 1. The largest absolute Gasteiger partial charge is 0.491 e. The molecular formula is C24H15F4N3O3S. The summed E-state index contributed by atoms with van der Waals surface area (Å²) in [5.74, 6) is -6.77. The number of carbonyl (C=O) groups is 1. The normalized spacial score (nSPS) is 14.9. The maximum absolute atomic E-state index is 14.9. The Labute approximate surface area is 201 Å². The van der Waals surface area contributed by atoms with E-state index in [2.05, 4.69) is 9.84 Å². The molecule has 35 heavy (non-hydrogen) atoms. The number of thioether (sulfide) groups is 1. The number of halogens is 4. The minimum Gasteiger partial charge on any atom is -0.491 e. The van der Waals surface area contributed by atoms with E-state index >= 15 is 0 Å². The fourth-order valence-corrected chi connectivity index (χ4v) is 4.54. The van der Waals surface area contributed by atoms with Gasteiger partial charge in [0.15, 0.2) is 24.0 Å². The first-order valence-corrected chi connectivity index (χ1v) is 10.9. The molecule has 1 amide bonds. The molecule has 3 aromatic rings. The average Bonchev–Trinajstić information content (AvgIpc) is 3.31. The van der Waals surface area contributed by atoms with Crippen molar-refractivity contribution in [2.45, 2.75) is 5.37 Å². The van der Waals surface area contributed by atoms with Crippen LogP contribution in [0.4, 0.5) is 17.6 Å². The highest BCUT2D eigenvalue weighted by molar-refractivity contribution is 8.14. The zero-order valence-corrected chi connectivity index (χ0v) is 18.8. The number of para-hydroxylation sites is 1. The van der Waals surface area contributed by atoms with Crippen molar-refractivity contribution in [1.29, 1.82) is 5.26 Å². The molecule has 0 spiro atoms. The van der Waals surface area contributed by atoms with Crippen LogP contribution in [0.15, 0.2) is 59.7 Å². The van der Waals surface area contributed by atoms with Gasteiger partial charge in [0.05, 0.1) is 12.7 Å². The highest BCUT2D eigenvalue weighted by Crippen LogP contribution is 2.45. The molecule has 1 aliphatic heterocycles. The van der Waals surface area contributed by atoms with Crippen LogP contribution in [-0.2, 0) is 0 Å².